The molecule has 0 saturated carbocycles. The van der Waals surface area contributed by atoms with Crippen molar-refractivity contribution in [1.82, 2.24) is 14.8 Å². The number of pyridine rings is 1. The summed E-state index contributed by atoms with van der Waals surface area (Å²) < 4.78 is 1.49. The Hall–Kier alpha value is -2.63. The van der Waals surface area contributed by atoms with E-state index in [9.17, 15) is 9.59 Å². The molecule has 2 aromatic carbocycles. The summed E-state index contributed by atoms with van der Waals surface area (Å²) in [6.45, 7) is 1.26. The number of fused-ring (bicyclic) bond motifs is 1. The lowest BCUT2D eigenvalue weighted by Crippen LogP contribution is -2.32. The van der Waals surface area contributed by atoms with E-state index in [0.717, 1.165) is 6.54 Å². The maximum atomic E-state index is 12.9. The van der Waals surface area contributed by atoms with E-state index in [-0.39, 0.29) is 11.5 Å². The molecule has 0 aliphatic carbocycles. The number of likely N-dealkylation sites (N-methyl/N-ethyl adjacent to an activating group) is 1. The van der Waals surface area contributed by atoms with Crippen LogP contribution >= 0.6 is 11.6 Å². The fourth-order valence-electron chi connectivity index (χ4n) is 2.75. The third kappa shape index (κ3) is 3.79. The van der Waals surface area contributed by atoms with E-state index in [0.29, 0.717) is 33.6 Å². The van der Waals surface area contributed by atoms with Crippen LogP contribution in [0.1, 0.15) is 10.4 Å². The number of aromatic nitrogens is 1. The number of nitrogens with one attached hydrogen (secondary N) is 1. The fourth-order valence-corrected chi connectivity index (χ4v) is 2.88. The summed E-state index contributed by atoms with van der Waals surface area (Å²) in [5, 5.41) is 4.65. The Morgan fingerprint density at radius 2 is 1.73 bits per heavy atom. The molecule has 0 fully saturated rings. The van der Waals surface area contributed by atoms with Crippen molar-refractivity contribution in [3.05, 3.63) is 75.7 Å². The molecular weight excluding hydrogens is 350 g/mol. The van der Waals surface area contributed by atoms with Gasteiger partial charge in [-0.25, -0.2) is 0 Å². The highest BCUT2D eigenvalue weighted by atomic mass is 35.5. The molecule has 3 rings (SSSR count). The summed E-state index contributed by atoms with van der Waals surface area (Å²) in [5.74, 6) is -0.203. The maximum Gasteiger partial charge on any atom is 0.262 e. The summed E-state index contributed by atoms with van der Waals surface area (Å²) in [6.07, 6.45) is 1.60. The lowest BCUT2D eigenvalue weighted by molar-refractivity contribution is 0.0952. The van der Waals surface area contributed by atoms with Crippen molar-refractivity contribution >= 4 is 28.3 Å². The number of amides is 1. The van der Waals surface area contributed by atoms with Gasteiger partial charge in [-0.3, -0.25) is 14.2 Å². The van der Waals surface area contributed by atoms with E-state index in [1.165, 1.54) is 4.57 Å². The maximum absolute atomic E-state index is 12.9. The van der Waals surface area contributed by atoms with Crippen molar-refractivity contribution in [2.75, 3.05) is 27.2 Å². The van der Waals surface area contributed by atoms with Gasteiger partial charge in [0.1, 0.15) is 0 Å². The predicted octanol–water partition coefficient (Wildman–Crippen LogP) is 2.94. The average molecular weight is 370 g/mol. The van der Waals surface area contributed by atoms with Crippen LogP contribution in [0.5, 0.6) is 0 Å². The highest BCUT2D eigenvalue weighted by Crippen LogP contribution is 2.18. The first-order valence-corrected chi connectivity index (χ1v) is 8.68. The van der Waals surface area contributed by atoms with Crippen LogP contribution in [0.4, 0.5) is 0 Å². The van der Waals surface area contributed by atoms with Crippen LogP contribution in [0.2, 0.25) is 5.02 Å². The molecule has 134 valence electrons. The highest BCUT2D eigenvalue weighted by Gasteiger charge is 2.15. The zero-order valence-electron chi connectivity index (χ0n) is 14.7. The first kappa shape index (κ1) is 18.2. The zero-order chi connectivity index (χ0) is 18.7. The van der Waals surface area contributed by atoms with Crippen molar-refractivity contribution in [3.8, 4) is 5.69 Å². The van der Waals surface area contributed by atoms with E-state index in [1.54, 1.807) is 48.7 Å². The SMILES string of the molecule is CN(C)CCNC(=O)c1cn(-c2ccc(Cl)cc2)c(=O)c2ccccc12. The third-order valence-electron chi connectivity index (χ3n) is 4.12. The molecule has 6 heteroatoms. The predicted molar refractivity (Wildman–Crippen MR) is 105 cm³/mol. The van der Waals surface area contributed by atoms with Gasteiger partial charge in [-0.15, -0.1) is 0 Å². The van der Waals surface area contributed by atoms with Crippen LogP contribution in [-0.2, 0) is 0 Å². The van der Waals surface area contributed by atoms with Gasteiger partial charge < -0.3 is 10.2 Å². The second kappa shape index (κ2) is 7.72. The average Bonchev–Trinajstić information content (AvgIpc) is 2.63. The minimum absolute atomic E-state index is 0.173. The largest absolute Gasteiger partial charge is 0.351 e. The van der Waals surface area contributed by atoms with Crippen LogP contribution in [-0.4, -0.2) is 42.6 Å². The molecule has 0 spiro atoms. The first-order valence-electron chi connectivity index (χ1n) is 8.30. The number of carbonyl (C=O) groups is 1. The van der Waals surface area contributed by atoms with Gasteiger partial charge in [-0.05, 0) is 44.4 Å². The Morgan fingerprint density at radius 1 is 1.08 bits per heavy atom. The molecule has 0 aliphatic heterocycles. The van der Waals surface area contributed by atoms with Crippen LogP contribution in [0.3, 0.4) is 0 Å². The van der Waals surface area contributed by atoms with Crippen LogP contribution in [0.25, 0.3) is 16.5 Å². The van der Waals surface area contributed by atoms with E-state index < -0.39 is 0 Å². The monoisotopic (exact) mass is 369 g/mol. The second-order valence-corrected chi connectivity index (χ2v) is 6.74. The van der Waals surface area contributed by atoms with Gasteiger partial charge in [-0.2, -0.15) is 0 Å². The summed E-state index contributed by atoms with van der Waals surface area (Å²) in [7, 11) is 3.89. The Labute approximate surface area is 156 Å². The minimum atomic E-state index is -0.203. The molecule has 5 nitrogen and oxygen atoms in total. The number of nitrogens with zero attached hydrogens (tertiary/aromatic N) is 2. The number of rotatable bonds is 5. The minimum Gasteiger partial charge on any atom is -0.351 e. The normalized spacial score (nSPS) is 11.1. The molecule has 1 aromatic heterocycles. The smallest absolute Gasteiger partial charge is 0.262 e. The lowest BCUT2D eigenvalue weighted by Gasteiger charge is -2.14. The molecule has 1 amide bonds. The highest BCUT2D eigenvalue weighted by molar-refractivity contribution is 6.30. The topological polar surface area (TPSA) is 54.3 Å². The van der Waals surface area contributed by atoms with Crippen molar-refractivity contribution in [2.24, 2.45) is 0 Å². The van der Waals surface area contributed by atoms with E-state index in [4.69, 9.17) is 11.6 Å². The number of halogens is 1. The van der Waals surface area contributed by atoms with E-state index >= 15 is 0 Å². The van der Waals surface area contributed by atoms with Gasteiger partial charge in [0, 0.05) is 40.8 Å². The van der Waals surface area contributed by atoms with Crippen LogP contribution in [0, 0.1) is 0 Å². The Balaban J connectivity index is 2.10. The third-order valence-corrected chi connectivity index (χ3v) is 4.37. The molecular formula is C20H20ClN3O2. The first-order chi connectivity index (χ1) is 12.5. The Kier molecular flexibility index (Phi) is 5.40. The number of hydrogen-bond acceptors (Lipinski definition) is 3. The Bertz CT molecular complexity index is 994. The summed E-state index contributed by atoms with van der Waals surface area (Å²) >= 11 is 5.94. The van der Waals surface area contributed by atoms with Gasteiger partial charge >= 0.3 is 0 Å². The Morgan fingerprint density at radius 3 is 2.38 bits per heavy atom. The lowest BCUT2D eigenvalue weighted by atomic mass is 10.1. The van der Waals surface area contributed by atoms with Gasteiger partial charge in [0.05, 0.1) is 5.56 Å². The van der Waals surface area contributed by atoms with Crippen molar-refractivity contribution < 1.29 is 4.79 Å². The number of benzene rings is 2. The van der Waals surface area contributed by atoms with E-state index in [1.807, 2.05) is 25.1 Å². The fraction of sp³-hybridized carbons (Fsp3) is 0.200. The van der Waals surface area contributed by atoms with Gasteiger partial charge in [0.25, 0.3) is 11.5 Å². The summed E-state index contributed by atoms with van der Waals surface area (Å²) in [5.41, 5.74) is 0.953. The molecule has 0 bridgehead atoms. The second-order valence-electron chi connectivity index (χ2n) is 6.30. The molecule has 0 radical (unpaired) electrons. The summed E-state index contributed by atoms with van der Waals surface area (Å²) in [6, 6.07) is 14.1. The van der Waals surface area contributed by atoms with Gasteiger partial charge in [0.2, 0.25) is 0 Å². The molecule has 0 aliphatic rings. The molecule has 26 heavy (non-hydrogen) atoms. The van der Waals surface area contributed by atoms with E-state index in [2.05, 4.69) is 5.32 Å². The van der Waals surface area contributed by atoms with Crippen LogP contribution < -0.4 is 10.9 Å². The molecule has 1 N–H and O–H groups in total. The van der Waals surface area contributed by atoms with Gasteiger partial charge in [0.15, 0.2) is 0 Å². The molecule has 0 saturated heterocycles. The van der Waals surface area contributed by atoms with Gasteiger partial charge in [-0.1, -0.05) is 29.8 Å². The number of hydrogen-bond donors (Lipinski definition) is 1. The molecule has 1 heterocycles. The number of carbonyl (C=O) groups excluding carboxylic acids is 1. The van der Waals surface area contributed by atoms with Crippen molar-refractivity contribution in [3.63, 3.8) is 0 Å². The molecule has 0 atom stereocenters. The standard InChI is InChI=1S/C20H20ClN3O2/c1-23(2)12-11-22-19(25)18-13-24(15-9-7-14(21)8-10-15)20(26)17-6-4-3-5-16(17)18/h3-10,13H,11-12H2,1-2H3,(H,22,25). The van der Waals surface area contributed by atoms with Crippen molar-refractivity contribution in [1.29, 1.82) is 0 Å². The molecule has 0 unspecified atom stereocenters. The quantitative estimate of drug-likeness (QED) is 0.752. The van der Waals surface area contributed by atoms with Crippen LogP contribution in [0.15, 0.2) is 59.5 Å². The zero-order valence-corrected chi connectivity index (χ0v) is 15.5. The van der Waals surface area contributed by atoms with Crippen molar-refractivity contribution in [2.45, 2.75) is 0 Å². The molecule has 3 aromatic rings. The summed E-state index contributed by atoms with van der Waals surface area (Å²) in [4.78, 5) is 27.6.